The lowest BCUT2D eigenvalue weighted by atomic mass is 10.2. The van der Waals surface area contributed by atoms with E-state index in [1.165, 1.54) is 0 Å². The monoisotopic (exact) mass is 389 g/mol. The molecule has 0 saturated carbocycles. The second-order valence-corrected chi connectivity index (χ2v) is 5.74. The SMILES string of the molecule is CCOc1ccccc1Nc1nc(OCc2ccccc2)ncc1C(F)(F)F. The van der Waals surface area contributed by atoms with Gasteiger partial charge in [-0.05, 0) is 24.6 Å². The quantitative estimate of drug-likeness (QED) is 0.601. The van der Waals surface area contributed by atoms with E-state index in [1.54, 1.807) is 31.2 Å². The van der Waals surface area contributed by atoms with Crippen molar-refractivity contribution in [1.29, 1.82) is 0 Å². The number of anilines is 2. The highest BCUT2D eigenvalue weighted by Crippen LogP contribution is 2.37. The second kappa shape index (κ2) is 8.60. The largest absolute Gasteiger partial charge is 0.492 e. The van der Waals surface area contributed by atoms with Gasteiger partial charge in [0.1, 0.15) is 23.7 Å². The third-order valence-corrected chi connectivity index (χ3v) is 3.72. The molecule has 1 N–H and O–H groups in total. The maximum Gasteiger partial charge on any atom is 0.421 e. The van der Waals surface area contributed by atoms with Gasteiger partial charge in [-0.15, -0.1) is 0 Å². The first-order valence-electron chi connectivity index (χ1n) is 8.57. The van der Waals surface area contributed by atoms with Crippen LogP contribution in [0.3, 0.4) is 0 Å². The highest BCUT2D eigenvalue weighted by Gasteiger charge is 2.35. The van der Waals surface area contributed by atoms with Gasteiger partial charge in [0.15, 0.2) is 0 Å². The molecule has 3 aromatic rings. The van der Waals surface area contributed by atoms with Gasteiger partial charge >= 0.3 is 12.2 Å². The summed E-state index contributed by atoms with van der Waals surface area (Å²) in [5, 5.41) is 2.69. The summed E-state index contributed by atoms with van der Waals surface area (Å²) in [7, 11) is 0. The maximum atomic E-state index is 13.4. The number of halogens is 3. The number of aromatic nitrogens is 2. The van der Waals surface area contributed by atoms with E-state index >= 15 is 0 Å². The van der Waals surface area contributed by atoms with Crippen LogP contribution in [0.5, 0.6) is 11.8 Å². The first-order valence-corrected chi connectivity index (χ1v) is 8.57. The Bertz CT molecular complexity index is 918. The predicted molar refractivity (Wildman–Crippen MR) is 98.7 cm³/mol. The molecule has 146 valence electrons. The van der Waals surface area contributed by atoms with Crippen molar-refractivity contribution in [3.8, 4) is 11.8 Å². The number of alkyl halides is 3. The van der Waals surface area contributed by atoms with Crippen LogP contribution in [0.4, 0.5) is 24.7 Å². The summed E-state index contributed by atoms with van der Waals surface area (Å²) in [6.07, 6.45) is -3.92. The highest BCUT2D eigenvalue weighted by atomic mass is 19.4. The number of hydrogen-bond donors (Lipinski definition) is 1. The van der Waals surface area contributed by atoms with Crippen molar-refractivity contribution in [2.45, 2.75) is 19.7 Å². The Balaban J connectivity index is 1.89. The van der Waals surface area contributed by atoms with E-state index < -0.39 is 17.6 Å². The van der Waals surface area contributed by atoms with Crippen molar-refractivity contribution in [1.82, 2.24) is 9.97 Å². The van der Waals surface area contributed by atoms with E-state index in [4.69, 9.17) is 9.47 Å². The van der Waals surface area contributed by atoms with Gasteiger partial charge in [-0.1, -0.05) is 42.5 Å². The molecule has 8 heteroatoms. The van der Waals surface area contributed by atoms with Crippen molar-refractivity contribution in [2.75, 3.05) is 11.9 Å². The van der Waals surface area contributed by atoms with E-state index in [1.807, 2.05) is 30.3 Å². The molecule has 28 heavy (non-hydrogen) atoms. The molecular formula is C20H18F3N3O2. The van der Waals surface area contributed by atoms with Crippen molar-refractivity contribution < 1.29 is 22.6 Å². The maximum absolute atomic E-state index is 13.4. The lowest BCUT2D eigenvalue weighted by Crippen LogP contribution is -2.13. The lowest BCUT2D eigenvalue weighted by molar-refractivity contribution is -0.137. The molecule has 0 atom stereocenters. The summed E-state index contributed by atoms with van der Waals surface area (Å²) < 4.78 is 51.1. The fourth-order valence-electron chi connectivity index (χ4n) is 2.44. The van der Waals surface area contributed by atoms with Gasteiger partial charge < -0.3 is 14.8 Å². The molecule has 0 aliphatic carbocycles. The predicted octanol–water partition coefficient (Wildman–Crippen LogP) is 5.22. The van der Waals surface area contributed by atoms with Gasteiger partial charge in [-0.2, -0.15) is 18.2 Å². The van der Waals surface area contributed by atoms with Crippen LogP contribution in [-0.4, -0.2) is 16.6 Å². The summed E-state index contributed by atoms with van der Waals surface area (Å²) >= 11 is 0. The number of para-hydroxylation sites is 2. The van der Waals surface area contributed by atoms with Gasteiger partial charge in [0.25, 0.3) is 0 Å². The number of ether oxygens (including phenoxy) is 2. The summed E-state index contributed by atoms with van der Waals surface area (Å²) in [5.41, 5.74) is 0.218. The van der Waals surface area contributed by atoms with E-state index in [0.717, 1.165) is 5.56 Å². The summed E-state index contributed by atoms with van der Waals surface area (Å²) in [6, 6.07) is 15.7. The summed E-state index contributed by atoms with van der Waals surface area (Å²) in [4.78, 5) is 7.63. The van der Waals surface area contributed by atoms with Gasteiger partial charge in [-0.3, -0.25) is 0 Å². The minimum absolute atomic E-state index is 0.140. The fraction of sp³-hybridized carbons (Fsp3) is 0.200. The van der Waals surface area contributed by atoms with Gasteiger partial charge in [0, 0.05) is 6.20 Å². The Morgan fingerprint density at radius 2 is 1.68 bits per heavy atom. The molecule has 1 heterocycles. The average Bonchev–Trinajstić information content (AvgIpc) is 2.68. The molecule has 3 rings (SSSR count). The van der Waals surface area contributed by atoms with Gasteiger partial charge in [0.05, 0.1) is 12.3 Å². The molecule has 0 radical (unpaired) electrons. The zero-order chi connectivity index (χ0) is 20.0. The Hall–Kier alpha value is -3.29. The number of rotatable bonds is 7. The molecule has 0 fully saturated rings. The second-order valence-electron chi connectivity index (χ2n) is 5.74. The topological polar surface area (TPSA) is 56.3 Å². The molecule has 0 unspecified atom stereocenters. The zero-order valence-corrected chi connectivity index (χ0v) is 15.0. The first-order chi connectivity index (χ1) is 13.5. The molecule has 0 saturated heterocycles. The Kier molecular flexibility index (Phi) is 5.98. The molecule has 0 amide bonds. The highest BCUT2D eigenvalue weighted by molar-refractivity contribution is 5.66. The lowest BCUT2D eigenvalue weighted by Gasteiger charge is -2.16. The Morgan fingerprint density at radius 1 is 0.964 bits per heavy atom. The normalized spacial score (nSPS) is 11.1. The van der Waals surface area contributed by atoms with Crippen LogP contribution in [0, 0.1) is 0 Å². The van der Waals surface area contributed by atoms with Gasteiger partial charge in [0.2, 0.25) is 0 Å². The Morgan fingerprint density at radius 3 is 2.39 bits per heavy atom. The standard InChI is InChI=1S/C20H18F3N3O2/c1-2-27-17-11-7-6-10-16(17)25-18-15(20(21,22)23)12-24-19(26-18)28-13-14-8-4-3-5-9-14/h3-12H,2,13H2,1H3,(H,24,25,26). The minimum atomic E-state index is -4.62. The van der Waals surface area contributed by atoms with Crippen molar-refractivity contribution in [3.63, 3.8) is 0 Å². The van der Waals surface area contributed by atoms with Crippen LogP contribution in [0.1, 0.15) is 18.1 Å². The van der Waals surface area contributed by atoms with Crippen LogP contribution in [0.2, 0.25) is 0 Å². The van der Waals surface area contributed by atoms with E-state index in [2.05, 4.69) is 15.3 Å². The van der Waals surface area contributed by atoms with Crippen molar-refractivity contribution >= 4 is 11.5 Å². The molecule has 5 nitrogen and oxygen atoms in total. The van der Waals surface area contributed by atoms with Crippen molar-refractivity contribution in [3.05, 3.63) is 71.9 Å². The van der Waals surface area contributed by atoms with E-state index in [-0.39, 0.29) is 12.6 Å². The Labute approximate surface area is 160 Å². The fourth-order valence-corrected chi connectivity index (χ4v) is 2.44. The van der Waals surface area contributed by atoms with Crippen LogP contribution < -0.4 is 14.8 Å². The third-order valence-electron chi connectivity index (χ3n) is 3.72. The number of nitrogens with one attached hydrogen (secondary N) is 1. The first kappa shape index (κ1) is 19.5. The molecule has 1 aromatic heterocycles. The number of nitrogens with zero attached hydrogens (tertiary/aromatic N) is 2. The molecule has 0 bridgehead atoms. The van der Waals surface area contributed by atoms with Crippen LogP contribution >= 0.6 is 0 Å². The van der Waals surface area contributed by atoms with Gasteiger partial charge in [-0.25, -0.2) is 4.98 Å². The van der Waals surface area contributed by atoms with E-state index in [9.17, 15) is 13.2 Å². The zero-order valence-electron chi connectivity index (χ0n) is 15.0. The van der Waals surface area contributed by atoms with Crippen LogP contribution in [0.15, 0.2) is 60.8 Å². The van der Waals surface area contributed by atoms with Crippen LogP contribution in [0.25, 0.3) is 0 Å². The summed E-state index contributed by atoms with van der Waals surface area (Å²) in [6.45, 7) is 2.30. The third kappa shape index (κ3) is 4.91. The minimum Gasteiger partial charge on any atom is -0.492 e. The van der Waals surface area contributed by atoms with Crippen molar-refractivity contribution in [2.24, 2.45) is 0 Å². The molecule has 0 spiro atoms. The molecule has 0 aliphatic rings. The summed E-state index contributed by atoms with van der Waals surface area (Å²) in [5.74, 6) is 0.0150. The molecule has 0 aliphatic heterocycles. The molecule has 2 aromatic carbocycles. The average molecular weight is 389 g/mol. The number of hydrogen-bond acceptors (Lipinski definition) is 5. The number of benzene rings is 2. The smallest absolute Gasteiger partial charge is 0.421 e. The van der Waals surface area contributed by atoms with E-state index in [0.29, 0.717) is 24.2 Å². The van der Waals surface area contributed by atoms with Crippen LogP contribution in [-0.2, 0) is 12.8 Å². The molecular weight excluding hydrogens is 371 g/mol.